The van der Waals surface area contributed by atoms with Crippen molar-refractivity contribution in [2.75, 3.05) is 28.4 Å². The molecule has 0 bridgehead atoms. The summed E-state index contributed by atoms with van der Waals surface area (Å²) < 4.78 is 21.3. The SMILES string of the molecule is C[CH][C@@H](NCc1ccc(OC)c(OC)c1)c1ccc(OC)c(OC)c1. The van der Waals surface area contributed by atoms with Gasteiger partial charge >= 0.3 is 0 Å². The standard InChI is InChI=1S/C20H26NO4/c1-6-16(15-8-10-18(23-3)20(12-15)25-5)21-13-14-7-9-17(22-2)19(11-14)24-4/h6-12,16,21H,13H2,1-5H3/t16-/m1/s1. The van der Waals surface area contributed by atoms with Crippen molar-refractivity contribution in [3.8, 4) is 23.0 Å². The number of rotatable bonds is 9. The van der Waals surface area contributed by atoms with Gasteiger partial charge in [0, 0.05) is 12.6 Å². The first-order valence-corrected chi connectivity index (χ1v) is 8.12. The summed E-state index contributed by atoms with van der Waals surface area (Å²) in [5.41, 5.74) is 2.23. The summed E-state index contributed by atoms with van der Waals surface area (Å²) in [6.45, 7) is 2.73. The lowest BCUT2D eigenvalue weighted by molar-refractivity contribution is 0.353. The van der Waals surface area contributed by atoms with Gasteiger partial charge in [-0.15, -0.1) is 0 Å². The number of hydrogen-bond donors (Lipinski definition) is 1. The first-order valence-electron chi connectivity index (χ1n) is 8.12. The number of methoxy groups -OCH3 is 4. The van der Waals surface area contributed by atoms with Gasteiger partial charge in [-0.2, -0.15) is 0 Å². The molecule has 25 heavy (non-hydrogen) atoms. The van der Waals surface area contributed by atoms with Crippen LogP contribution in [0, 0.1) is 6.42 Å². The summed E-state index contributed by atoms with van der Waals surface area (Å²) >= 11 is 0. The molecule has 0 aliphatic heterocycles. The Morgan fingerprint density at radius 1 is 0.800 bits per heavy atom. The first kappa shape index (κ1) is 18.9. The molecular weight excluding hydrogens is 318 g/mol. The summed E-state index contributed by atoms with van der Waals surface area (Å²) in [5.74, 6) is 2.90. The maximum atomic E-state index is 5.39. The lowest BCUT2D eigenvalue weighted by Gasteiger charge is -2.19. The van der Waals surface area contributed by atoms with E-state index in [4.69, 9.17) is 18.9 Å². The van der Waals surface area contributed by atoms with Crippen molar-refractivity contribution in [2.45, 2.75) is 19.5 Å². The normalized spacial score (nSPS) is 11.7. The van der Waals surface area contributed by atoms with Gasteiger partial charge in [0.05, 0.1) is 28.4 Å². The van der Waals surface area contributed by atoms with Gasteiger partial charge in [-0.3, -0.25) is 0 Å². The Morgan fingerprint density at radius 2 is 1.36 bits per heavy atom. The highest BCUT2D eigenvalue weighted by Crippen LogP contribution is 2.31. The van der Waals surface area contributed by atoms with Crippen LogP contribution in [-0.4, -0.2) is 28.4 Å². The van der Waals surface area contributed by atoms with Crippen LogP contribution in [0.15, 0.2) is 36.4 Å². The van der Waals surface area contributed by atoms with E-state index < -0.39 is 0 Å². The highest BCUT2D eigenvalue weighted by molar-refractivity contribution is 5.45. The fourth-order valence-corrected chi connectivity index (χ4v) is 2.69. The lowest BCUT2D eigenvalue weighted by Crippen LogP contribution is -2.20. The highest BCUT2D eigenvalue weighted by atomic mass is 16.5. The van der Waals surface area contributed by atoms with Crippen molar-refractivity contribution in [3.63, 3.8) is 0 Å². The molecule has 2 rings (SSSR count). The topological polar surface area (TPSA) is 49.0 Å². The van der Waals surface area contributed by atoms with E-state index in [2.05, 4.69) is 11.7 Å². The predicted octanol–water partition coefficient (Wildman–Crippen LogP) is 3.78. The van der Waals surface area contributed by atoms with Gasteiger partial charge in [0.2, 0.25) is 0 Å². The van der Waals surface area contributed by atoms with E-state index in [1.54, 1.807) is 28.4 Å². The number of benzene rings is 2. The van der Waals surface area contributed by atoms with Crippen LogP contribution in [0.25, 0.3) is 0 Å². The molecule has 0 aliphatic carbocycles. The van der Waals surface area contributed by atoms with Gasteiger partial charge in [0.1, 0.15) is 0 Å². The zero-order valence-electron chi connectivity index (χ0n) is 15.5. The summed E-state index contributed by atoms with van der Waals surface area (Å²) in [4.78, 5) is 0. The maximum Gasteiger partial charge on any atom is 0.161 e. The molecular formula is C20H26NO4. The smallest absolute Gasteiger partial charge is 0.161 e. The van der Waals surface area contributed by atoms with Crippen molar-refractivity contribution in [1.29, 1.82) is 0 Å². The minimum absolute atomic E-state index is 0.0907. The number of ether oxygens (including phenoxy) is 4. The van der Waals surface area contributed by atoms with E-state index >= 15 is 0 Å². The fraction of sp³-hybridized carbons (Fsp3) is 0.350. The average Bonchev–Trinajstić information content (AvgIpc) is 2.67. The maximum absolute atomic E-state index is 5.39. The summed E-state index contributed by atoms with van der Waals surface area (Å²) in [6.07, 6.45) is 2.11. The van der Waals surface area contributed by atoms with Gasteiger partial charge in [0.15, 0.2) is 23.0 Å². The quantitative estimate of drug-likeness (QED) is 0.750. The second-order valence-corrected chi connectivity index (χ2v) is 5.50. The Hall–Kier alpha value is -2.40. The van der Waals surface area contributed by atoms with Crippen molar-refractivity contribution in [3.05, 3.63) is 53.9 Å². The summed E-state index contributed by atoms with van der Waals surface area (Å²) in [6, 6.07) is 12.0. The van der Waals surface area contributed by atoms with Crippen LogP contribution in [0.5, 0.6) is 23.0 Å². The fourth-order valence-electron chi connectivity index (χ4n) is 2.69. The molecule has 0 fully saturated rings. The monoisotopic (exact) mass is 344 g/mol. The molecule has 0 aliphatic rings. The Balaban J connectivity index is 2.12. The zero-order chi connectivity index (χ0) is 18.2. The Kier molecular flexibility index (Phi) is 6.95. The van der Waals surface area contributed by atoms with E-state index in [-0.39, 0.29) is 6.04 Å². The molecule has 0 unspecified atom stereocenters. The molecule has 2 aromatic rings. The number of nitrogens with one attached hydrogen (secondary N) is 1. The van der Waals surface area contributed by atoms with Crippen LogP contribution in [0.1, 0.15) is 24.1 Å². The molecule has 0 saturated carbocycles. The Labute approximate surface area is 149 Å². The highest BCUT2D eigenvalue weighted by Gasteiger charge is 2.13. The van der Waals surface area contributed by atoms with Gasteiger partial charge in [-0.05, 0) is 41.8 Å². The van der Waals surface area contributed by atoms with E-state index in [1.165, 1.54) is 0 Å². The van der Waals surface area contributed by atoms with Gasteiger partial charge in [-0.25, -0.2) is 0 Å². The van der Waals surface area contributed by atoms with Crippen LogP contribution in [0.2, 0.25) is 0 Å². The van der Waals surface area contributed by atoms with Crippen LogP contribution < -0.4 is 24.3 Å². The van der Waals surface area contributed by atoms with Crippen LogP contribution in [0.3, 0.4) is 0 Å². The second kappa shape index (κ2) is 9.18. The molecule has 135 valence electrons. The van der Waals surface area contributed by atoms with Crippen molar-refractivity contribution < 1.29 is 18.9 Å². The van der Waals surface area contributed by atoms with Crippen molar-refractivity contribution >= 4 is 0 Å². The average molecular weight is 344 g/mol. The van der Waals surface area contributed by atoms with Crippen LogP contribution in [-0.2, 0) is 6.54 Å². The third-order valence-electron chi connectivity index (χ3n) is 4.07. The molecule has 0 spiro atoms. The lowest BCUT2D eigenvalue weighted by atomic mass is 10.0. The molecule has 0 aromatic heterocycles. The molecule has 1 atom stereocenters. The molecule has 0 amide bonds. The first-order chi connectivity index (χ1) is 12.2. The molecule has 0 saturated heterocycles. The Bertz CT molecular complexity index is 687. The molecule has 1 radical (unpaired) electrons. The zero-order valence-corrected chi connectivity index (χ0v) is 15.5. The van der Waals surface area contributed by atoms with Crippen molar-refractivity contribution in [2.24, 2.45) is 0 Å². The summed E-state index contributed by atoms with van der Waals surface area (Å²) in [5, 5.41) is 3.53. The Morgan fingerprint density at radius 3 is 1.92 bits per heavy atom. The van der Waals surface area contributed by atoms with E-state index in [1.807, 2.05) is 43.3 Å². The minimum Gasteiger partial charge on any atom is -0.493 e. The van der Waals surface area contributed by atoms with Crippen LogP contribution >= 0.6 is 0 Å². The molecule has 2 aromatic carbocycles. The van der Waals surface area contributed by atoms with E-state index in [0.717, 1.165) is 34.1 Å². The largest absolute Gasteiger partial charge is 0.493 e. The summed E-state index contributed by atoms with van der Waals surface area (Å²) in [7, 11) is 6.55. The van der Waals surface area contributed by atoms with Gasteiger partial charge in [0.25, 0.3) is 0 Å². The molecule has 5 nitrogen and oxygen atoms in total. The van der Waals surface area contributed by atoms with E-state index in [0.29, 0.717) is 6.54 Å². The van der Waals surface area contributed by atoms with Gasteiger partial charge < -0.3 is 24.3 Å². The minimum atomic E-state index is 0.0907. The van der Waals surface area contributed by atoms with E-state index in [9.17, 15) is 0 Å². The predicted molar refractivity (Wildman–Crippen MR) is 98.6 cm³/mol. The van der Waals surface area contributed by atoms with Gasteiger partial charge in [-0.1, -0.05) is 19.1 Å². The number of hydrogen-bond acceptors (Lipinski definition) is 5. The van der Waals surface area contributed by atoms with Crippen molar-refractivity contribution in [1.82, 2.24) is 5.32 Å². The second-order valence-electron chi connectivity index (χ2n) is 5.50. The van der Waals surface area contributed by atoms with Crippen LogP contribution in [0.4, 0.5) is 0 Å². The molecule has 1 N–H and O–H groups in total. The third kappa shape index (κ3) is 4.57. The third-order valence-corrected chi connectivity index (χ3v) is 4.07. The molecule has 5 heteroatoms. The molecule has 0 heterocycles.